The zero-order valence-corrected chi connectivity index (χ0v) is 17.6. The van der Waals surface area contributed by atoms with Gasteiger partial charge in [-0.1, -0.05) is 0 Å². The normalized spacial score (nSPS) is 6.96. The molecule has 0 aromatic heterocycles. The van der Waals surface area contributed by atoms with Crippen molar-refractivity contribution in [3.63, 3.8) is 0 Å². The molecule has 166 valence electrons. The van der Waals surface area contributed by atoms with Gasteiger partial charge in [0.1, 0.15) is 0 Å². The SMILES string of the molecule is O.O.O.O.O.O.O.O.O=S(=O)(O)O.O=S(=O)(O)O.O=S(=O)(O)O.[Sc].[Sc]. The molecule has 0 aromatic rings. The monoisotopic (exact) mass is 528 g/mol. The van der Waals surface area contributed by atoms with Crippen molar-refractivity contribution < 1.29 is 148 Å². The van der Waals surface area contributed by atoms with Gasteiger partial charge in [0.05, 0.1) is 0 Å². The van der Waals surface area contributed by atoms with Gasteiger partial charge in [0.15, 0.2) is 0 Å². The van der Waals surface area contributed by atoms with Crippen LogP contribution in [0.1, 0.15) is 0 Å². The zero-order chi connectivity index (χ0) is 13.5. The molecule has 0 bridgehead atoms. The molecule has 0 aliphatic carbocycles. The van der Waals surface area contributed by atoms with Crippen LogP contribution in [0.25, 0.3) is 0 Å². The minimum absolute atomic E-state index is 0. The molecule has 2 radical (unpaired) electrons. The first-order valence-corrected chi connectivity index (χ1v) is 6.29. The quantitative estimate of drug-likeness (QED) is 0.160. The fourth-order valence-electron chi connectivity index (χ4n) is 0. The van der Waals surface area contributed by atoms with Crippen LogP contribution in [0, 0.1) is 0 Å². The molecule has 0 unspecified atom stereocenters. The van der Waals surface area contributed by atoms with E-state index in [0.29, 0.717) is 0 Å². The predicted octanol–water partition coefficient (Wildman–Crippen LogP) is -8.56. The van der Waals surface area contributed by atoms with Crippen LogP contribution in [0.3, 0.4) is 0 Å². The first-order valence-electron chi connectivity index (χ1n) is 2.10. The molecule has 0 aliphatic heterocycles. The molecule has 0 saturated heterocycles. The van der Waals surface area contributed by atoms with E-state index in [1.807, 2.05) is 0 Å². The van der Waals surface area contributed by atoms with Gasteiger partial charge in [0.2, 0.25) is 0 Å². The van der Waals surface area contributed by atoms with Gasteiger partial charge in [-0.25, -0.2) is 0 Å². The van der Waals surface area contributed by atoms with Crippen molar-refractivity contribution in [3.8, 4) is 0 Å². The van der Waals surface area contributed by atoms with Gasteiger partial charge < -0.3 is 43.8 Å². The summed E-state index contributed by atoms with van der Waals surface area (Å²) in [5, 5.41) is 0. The van der Waals surface area contributed by atoms with Crippen molar-refractivity contribution in [2.24, 2.45) is 0 Å². The van der Waals surface area contributed by atoms with Crippen LogP contribution in [-0.2, 0) is 82.9 Å². The Morgan fingerprint density at radius 3 is 0.320 bits per heavy atom. The summed E-state index contributed by atoms with van der Waals surface area (Å²) in [6.45, 7) is 0. The number of hydrogen-bond acceptors (Lipinski definition) is 6. The van der Waals surface area contributed by atoms with E-state index in [4.69, 9.17) is 52.6 Å². The molecule has 0 spiro atoms. The second-order valence-corrected chi connectivity index (χ2v) is 4.03. The first-order chi connectivity index (χ1) is 6.00. The minimum Gasteiger partial charge on any atom is -0.412 e. The predicted molar refractivity (Wildman–Crippen MR) is 71.4 cm³/mol. The third kappa shape index (κ3) is 12500. The van der Waals surface area contributed by atoms with Gasteiger partial charge in [-0.3, -0.25) is 27.3 Å². The fourth-order valence-corrected chi connectivity index (χ4v) is 0. The van der Waals surface area contributed by atoms with Gasteiger partial charge in [0, 0.05) is 51.7 Å². The van der Waals surface area contributed by atoms with Crippen LogP contribution in [0.4, 0.5) is 0 Å². The molecule has 25 heteroatoms. The Kier molecular flexibility index (Phi) is 153. The van der Waals surface area contributed by atoms with E-state index in [0.717, 1.165) is 0 Å². The van der Waals surface area contributed by atoms with Crippen molar-refractivity contribution in [2.45, 2.75) is 0 Å². The molecule has 0 fully saturated rings. The Labute approximate surface area is 178 Å². The molecule has 0 saturated carbocycles. The standard InChI is InChI=1S/3H2O4S.8H2O.2Sc/c3*1-5(2,3)4;;;;;;;;;;/h3*(H2,1,2,3,4);8*1H2;;. The molecule has 0 atom stereocenters. The van der Waals surface area contributed by atoms with E-state index in [1.54, 1.807) is 0 Å². The van der Waals surface area contributed by atoms with Gasteiger partial charge in [0.25, 0.3) is 0 Å². The maximum atomic E-state index is 8.74. The van der Waals surface area contributed by atoms with Crippen molar-refractivity contribution in [2.75, 3.05) is 0 Å². The maximum absolute atomic E-state index is 8.74. The summed E-state index contributed by atoms with van der Waals surface area (Å²) in [6.07, 6.45) is 0. The van der Waals surface area contributed by atoms with Crippen molar-refractivity contribution in [1.29, 1.82) is 0 Å². The van der Waals surface area contributed by atoms with Crippen molar-refractivity contribution in [3.05, 3.63) is 0 Å². The summed E-state index contributed by atoms with van der Waals surface area (Å²) in [5.41, 5.74) is 0. The summed E-state index contributed by atoms with van der Waals surface area (Å²) < 4.78 is 94.8. The average molecular weight is 528 g/mol. The zero-order valence-electron chi connectivity index (χ0n) is 11.5. The summed E-state index contributed by atoms with van der Waals surface area (Å²) in [4.78, 5) is 0. The number of rotatable bonds is 0. The van der Waals surface area contributed by atoms with Crippen LogP contribution in [0.2, 0.25) is 0 Å². The first kappa shape index (κ1) is 96.1. The summed E-state index contributed by atoms with van der Waals surface area (Å²) in [6, 6.07) is 0. The molecular formula is H22O20S3Sc2. The Morgan fingerprint density at radius 1 is 0.320 bits per heavy atom. The Bertz CT molecular complexity index is 344. The molecule has 20 nitrogen and oxygen atoms in total. The van der Waals surface area contributed by atoms with Gasteiger partial charge in [-0.2, -0.15) is 25.3 Å². The topological polar surface area (TPSA) is 476 Å². The van der Waals surface area contributed by atoms with Crippen LogP contribution in [-0.4, -0.2) is 96.4 Å². The Balaban J connectivity index is -0.00000000655. The Hall–Kier alpha value is 1.03. The van der Waals surface area contributed by atoms with E-state index < -0.39 is 31.2 Å². The molecule has 0 rings (SSSR count). The van der Waals surface area contributed by atoms with Crippen LogP contribution in [0.15, 0.2) is 0 Å². The van der Waals surface area contributed by atoms with Crippen molar-refractivity contribution in [1.82, 2.24) is 0 Å². The van der Waals surface area contributed by atoms with Crippen LogP contribution in [0.5, 0.6) is 0 Å². The molecular weight excluding hydrogens is 506 g/mol. The number of hydrogen-bond donors (Lipinski definition) is 6. The van der Waals surface area contributed by atoms with E-state index in [2.05, 4.69) is 0 Å². The summed E-state index contributed by atoms with van der Waals surface area (Å²) in [5.74, 6) is 0. The van der Waals surface area contributed by atoms with Crippen LogP contribution < -0.4 is 0 Å². The van der Waals surface area contributed by atoms with E-state index in [1.165, 1.54) is 0 Å². The summed E-state index contributed by atoms with van der Waals surface area (Å²) >= 11 is 0. The second kappa shape index (κ2) is 39.9. The second-order valence-electron chi connectivity index (χ2n) is 1.34. The third-order valence-electron chi connectivity index (χ3n) is 0. The molecule has 25 heavy (non-hydrogen) atoms. The molecule has 0 aliphatic rings. The fraction of sp³-hybridized carbons (Fsp3) is 0. The third-order valence-corrected chi connectivity index (χ3v) is 0. The molecule has 0 aromatic carbocycles. The minimum atomic E-state index is -4.67. The van der Waals surface area contributed by atoms with E-state index >= 15 is 0 Å². The Morgan fingerprint density at radius 2 is 0.320 bits per heavy atom. The maximum Gasteiger partial charge on any atom is 0.394 e. The van der Waals surface area contributed by atoms with Crippen LogP contribution >= 0.6 is 0 Å². The van der Waals surface area contributed by atoms with Gasteiger partial charge in [-0.05, 0) is 0 Å². The smallest absolute Gasteiger partial charge is 0.394 e. The van der Waals surface area contributed by atoms with E-state index in [-0.39, 0.29) is 95.5 Å². The average Bonchev–Trinajstić information content (AvgIpc) is 1.41. The van der Waals surface area contributed by atoms with Gasteiger partial charge >= 0.3 is 31.2 Å². The summed E-state index contributed by atoms with van der Waals surface area (Å²) in [7, 11) is -14.0. The van der Waals surface area contributed by atoms with E-state index in [9.17, 15) is 0 Å². The molecule has 0 heterocycles. The molecule has 0 amide bonds. The van der Waals surface area contributed by atoms with Gasteiger partial charge in [-0.15, -0.1) is 0 Å². The largest absolute Gasteiger partial charge is 0.412 e. The molecule has 22 N–H and O–H groups in total. The van der Waals surface area contributed by atoms with Crippen molar-refractivity contribution >= 4 is 31.2 Å².